The average Bonchev–Trinajstić information content (AvgIpc) is 2.77. The summed E-state index contributed by atoms with van der Waals surface area (Å²) in [6, 6.07) is 0. The Bertz CT molecular complexity index is 706. The molecule has 0 heterocycles. The first-order valence-corrected chi connectivity index (χ1v) is 12.9. The number of allylic oxidation sites excluding steroid dienone is 4. The van der Waals surface area contributed by atoms with Crippen molar-refractivity contribution in [3.05, 3.63) is 36.0 Å². The quantitative estimate of drug-likeness (QED) is 0.109. The topological polar surface area (TPSA) is 89.9 Å². The van der Waals surface area contributed by atoms with Crippen molar-refractivity contribution in [2.75, 3.05) is 0 Å². The minimum atomic E-state index is -0.843. The molecule has 0 radical (unpaired) electrons. The molecule has 0 spiro atoms. The number of carbonyl (C=O) groups excluding carboxylic acids is 2. The van der Waals surface area contributed by atoms with Gasteiger partial charge in [-0.2, -0.15) is 0 Å². The zero-order valence-electron chi connectivity index (χ0n) is 21.3. The first-order valence-electron chi connectivity index (χ1n) is 12.9. The van der Waals surface area contributed by atoms with Gasteiger partial charge in [-0.1, -0.05) is 63.3 Å². The van der Waals surface area contributed by atoms with Gasteiger partial charge in [0.15, 0.2) is 0 Å². The second kappa shape index (κ2) is 18.0. The minimum Gasteiger partial charge on any atom is -0.481 e. The van der Waals surface area contributed by atoms with E-state index < -0.39 is 12.1 Å². The highest BCUT2D eigenvalue weighted by Crippen LogP contribution is 2.32. The molecule has 3 atom stereocenters. The fraction of sp³-hybridized carbons (Fsp3) is 0.679. The van der Waals surface area contributed by atoms with Crippen LogP contribution in [-0.4, -0.2) is 35.2 Å². The second-order valence-electron chi connectivity index (χ2n) is 9.10. The minimum absolute atomic E-state index is 0.0599. The van der Waals surface area contributed by atoms with Crippen LogP contribution in [0, 0.1) is 5.92 Å². The first-order chi connectivity index (χ1) is 16.3. The van der Waals surface area contributed by atoms with Crippen molar-refractivity contribution in [2.24, 2.45) is 5.92 Å². The smallest absolute Gasteiger partial charge is 0.303 e. The van der Waals surface area contributed by atoms with E-state index in [1.54, 1.807) is 0 Å². The molecule has 6 nitrogen and oxygen atoms in total. The van der Waals surface area contributed by atoms with Gasteiger partial charge in [0.1, 0.15) is 12.2 Å². The van der Waals surface area contributed by atoms with E-state index in [0.717, 1.165) is 44.1 Å². The van der Waals surface area contributed by atoms with Crippen LogP contribution >= 0.6 is 0 Å². The van der Waals surface area contributed by atoms with E-state index >= 15 is 0 Å². The van der Waals surface area contributed by atoms with Crippen molar-refractivity contribution < 1.29 is 29.0 Å². The second-order valence-corrected chi connectivity index (χ2v) is 9.10. The maximum Gasteiger partial charge on any atom is 0.303 e. The van der Waals surface area contributed by atoms with Gasteiger partial charge in [0.2, 0.25) is 0 Å². The highest BCUT2D eigenvalue weighted by Gasteiger charge is 2.25. The Balaban J connectivity index is 2.72. The van der Waals surface area contributed by atoms with Gasteiger partial charge in [0.25, 0.3) is 0 Å². The Kier molecular flexibility index (Phi) is 15.7. The number of rotatable bonds is 17. The number of carboxylic acid groups (broad SMARTS) is 1. The standard InChI is InChI=1S/C28H44O6/c1-4-5-6-7-8-9-17-25(33-22(2)29)18-12-10-15-24-16-11-13-19-26(24)27(34-23(3)30)20-14-21-28(31)32/h10,12,15,18-19,24-25,27H,4-9,11,13-14,16-17,20-21H2,1-3H3,(H,31,32). The van der Waals surface area contributed by atoms with Crippen LogP contribution in [0.3, 0.4) is 0 Å². The van der Waals surface area contributed by atoms with Crippen LogP contribution in [0.25, 0.3) is 0 Å². The van der Waals surface area contributed by atoms with Crippen molar-refractivity contribution in [3.63, 3.8) is 0 Å². The zero-order chi connectivity index (χ0) is 25.2. The molecule has 0 aliphatic heterocycles. The third kappa shape index (κ3) is 14.0. The van der Waals surface area contributed by atoms with Crippen molar-refractivity contribution in [2.45, 2.75) is 116 Å². The summed E-state index contributed by atoms with van der Waals surface area (Å²) in [5, 5.41) is 8.94. The molecule has 3 unspecified atom stereocenters. The summed E-state index contributed by atoms with van der Waals surface area (Å²) in [6.45, 7) is 5.04. The molecule has 34 heavy (non-hydrogen) atoms. The molecular formula is C28H44O6. The number of aliphatic carboxylic acids is 1. The zero-order valence-corrected chi connectivity index (χ0v) is 21.3. The number of carbonyl (C=O) groups is 3. The molecule has 1 aliphatic carbocycles. The number of esters is 2. The van der Waals surface area contributed by atoms with Crippen molar-refractivity contribution in [1.29, 1.82) is 0 Å². The molecular weight excluding hydrogens is 432 g/mol. The van der Waals surface area contributed by atoms with Crippen molar-refractivity contribution in [1.82, 2.24) is 0 Å². The van der Waals surface area contributed by atoms with Gasteiger partial charge in [0, 0.05) is 26.2 Å². The molecule has 0 fully saturated rings. The van der Waals surface area contributed by atoms with Crippen molar-refractivity contribution in [3.8, 4) is 0 Å². The summed E-state index contributed by atoms with van der Waals surface area (Å²) >= 11 is 0. The molecule has 0 aromatic rings. The monoisotopic (exact) mass is 476 g/mol. The van der Waals surface area contributed by atoms with Crippen LogP contribution < -0.4 is 0 Å². The van der Waals surface area contributed by atoms with Gasteiger partial charge >= 0.3 is 17.9 Å². The number of hydrogen-bond acceptors (Lipinski definition) is 5. The highest BCUT2D eigenvalue weighted by molar-refractivity contribution is 5.67. The van der Waals surface area contributed by atoms with E-state index in [9.17, 15) is 14.4 Å². The van der Waals surface area contributed by atoms with Gasteiger partial charge < -0.3 is 14.6 Å². The van der Waals surface area contributed by atoms with Crippen LogP contribution in [0.1, 0.15) is 104 Å². The van der Waals surface area contributed by atoms with Gasteiger partial charge in [-0.3, -0.25) is 14.4 Å². The molecule has 1 rings (SSSR count). The molecule has 6 heteroatoms. The van der Waals surface area contributed by atoms with E-state index in [4.69, 9.17) is 14.6 Å². The predicted molar refractivity (Wildman–Crippen MR) is 134 cm³/mol. The van der Waals surface area contributed by atoms with Crippen LogP contribution in [0.4, 0.5) is 0 Å². The summed E-state index contributed by atoms with van der Waals surface area (Å²) in [7, 11) is 0. The summed E-state index contributed by atoms with van der Waals surface area (Å²) in [6.07, 6.45) is 21.4. The molecule has 1 N–H and O–H groups in total. The lowest BCUT2D eigenvalue weighted by Crippen LogP contribution is -2.25. The Morgan fingerprint density at radius 1 is 1.00 bits per heavy atom. The van der Waals surface area contributed by atoms with E-state index in [1.807, 2.05) is 18.2 Å². The van der Waals surface area contributed by atoms with Gasteiger partial charge in [0.05, 0.1) is 0 Å². The highest BCUT2D eigenvalue weighted by atomic mass is 16.5. The van der Waals surface area contributed by atoms with E-state index in [-0.39, 0.29) is 30.4 Å². The maximum atomic E-state index is 11.6. The van der Waals surface area contributed by atoms with Gasteiger partial charge in [-0.15, -0.1) is 0 Å². The molecule has 1 aliphatic rings. The molecule has 192 valence electrons. The first kappa shape index (κ1) is 29.7. The fourth-order valence-electron chi connectivity index (χ4n) is 4.35. The van der Waals surface area contributed by atoms with Crippen LogP contribution in [0.5, 0.6) is 0 Å². The van der Waals surface area contributed by atoms with Gasteiger partial charge in [-0.05, 0) is 56.6 Å². The molecule has 0 saturated heterocycles. The summed E-state index contributed by atoms with van der Waals surface area (Å²) < 4.78 is 11.0. The Morgan fingerprint density at radius 2 is 1.71 bits per heavy atom. The number of unbranched alkanes of at least 4 members (excludes halogenated alkanes) is 5. The number of carboxylic acids is 1. The SMILES string of the molecule is CCCCCCCCC(C=CC=CC1CCCC=C1C(CCCC(=O)O)OC(C)=O)OC(C)=O. The summed E-state index contributed by atoms with van der Waals surface area (Å²) in [5.74, 6) is -1.33. The largest absolute Gasteiger partial charge is 0.481 e. The summed E-state index contributed by atoms with van der Waals surface area (Å²) in [4.78, 5) is 34.0. The molecule has 0 bridgehead atoms. The van der Waals surface area contributed by atoms with Crippen molar-refractivity contribution >= 4 is 17.9 Å². The lowest BCUT2D eigenvalue weighted by Gasteiger charge is -2.28. The third-order valence-corrected chi connectivity index (χ3v) is 6.00. The Morgan fingerprint density at radius 3 is 2.38 bits per heavy atom. The molecule has 0 aromatic heterocycles. The number of ether oxygens (including phenoxy) is 2. The molecule has 0 aromatic carbocycles. The van der Waals surface area contributed by atoms with E-state index in [0.29, 0.717) is 12.8 Å². The fourth-order valence-corrected chi connectivity index (χ4v) is 4.35. The number of hydrogen-bond donors (Lipinski definition) is 1. The lowest BCUT2D eigenvalue weighted by molar-refractivity contribution is -0.146. The summed E-state index contributed by atoms with van der Waals surface area (Å²) in [5.41, 5.74) is 1.06. The average molecular weight is 477 g/mol. The van der Waals surface area contributed by atoms with E-state index in [2.05, 4.69) is 19.1 Å². The van der Waals surface area contributed by atoms with Gasteiger partial charge in [-0.25, -0.2) is 0 Å². The lowest BCUT2D eigenvalue weighted by atomic mass is 9.83. The van der Waals surface area contributed by atoms with Crippen LogP contribution in [-0.2, 0) is 23.9 Å². The predicted octanol–water partition coefficient (Wildman–Crippen LogP) is 6.69. The Labute approximate surface area is 205 Å². The molecule has 0 saturated carbocycles. The van der Waals surface area contributed by atoms with E-state index in [1.165, 1.54) is 39.5 Å². The maximum absolute atomic E-state index is 11.6. The third-order valence-electron chi connectivity index (χ3n) is 6.00. The van der Waals surface area contributed by atoms with Crippen LogP contribution in [0.2, 0.25) is 0 Å². The van der Waals surface area contributed by atoms with Crippen LogP contribution in [0.15, 0.2) is 36.0 Å². The molecule has 0 amide bonds. The normalized spacial score (nSPS) is 18.0. The Hall–Kier alpha value is -2.37.